The predicted octanol–water partition coefficient (Wildman–Crippen LogP) is 3.33. The highest BCUT2D eigenvalue weighted by Crippen LogP contribution is 2.32. The number of hydrogen-bond donors (Lipinski definition) is 1. The summed E-state index contributed by atoms with van der Waals surface area (Å²) in [6.45, 7) is 0. The molecule has 0 radical (unpaired) electrons. The van der Waals surface area contributed by atoms with Crippen LogP contribution in [0.1, 0.15) is 10.4 Å². The summed E-state index contributed by atoms with van der Waals surface area (Å²) in [6.07, 6.45) is 3.05. The molecule has 0 saturated heterocycles. The van der Waals surface area contributed by atoms with E-state index in [9.17, 15) is 9.90 Å². The molecule has 0 spiro atoms. The van der Waals surface area contributed by atoms with E-state index >= 15 is 0 Å². The van der Waals surface area contributed by atoms with Gasteiger partial charge in [0.25, 0.3) is 0 Å². The van der Waals surface area contributed by atoms with Crippen molar-refractivity contribution in [1.29, 1.82) is 0 Å². The number of carbonyl (C=O) groups is 1. The molecule has 0 fully saturated rings. The zero-order chi connectivity index (χ0) is 14.8. The van der Waals surface area contributed by atoms with Gasteiger partial charge in [0.05, 0.1) is 18.8 Å². The predicted molar refractivity (Wildman–Crippen MR) is 74.0 cm³/mol. The molecule has 3 rings (SSSR count). The van der Waals surface area contributed by atoms with Crippen LogP contribution >= 0.6 is 0 Å². The summed E-state index contributed by atoms with van der Waals surface area (Å²) in [5.74, 6) is -0.198. The number of pyridine rings is 1. The topological polar surface area (TPSA) is 81.8 Å². The highest BCUT2D eigenvalue weighted by atomic mass is 16.5. The van der Waals surface area contributed by atoms with Crippen LogP contribution in [-0.4, -0.2) is 23.2 Å². The van der Waals surface area contributed by atoms with E-state index in [0.29, 0.717) is 16.7 Å². The van der Waals surface area contributed by atoms with E-state index in [1.807, 2.05) is 0 Å². The minimum atomic E-state index is -1.11. The molecular formula is C15H11NO5. The number of hydrogen-bond acceptors (Lipinski definition) is 5. The van der Waals surface area contributed by atoms with Gasteiger partial charge in [-0.2, -0.15) is 0 Å². The molecule has 1 N–H and O–H groups in total. The molecule has 0 atom stereocenters. The molecule has 1 aromatic carbocycles. The van der Waals surface area contributed by atoms with Crippen molar-refractivity contribution in [2.75, 3.05) is 7.11 Å². The highest BCUT2D eigenvalue weighted by Gasteiger charge is 2.15. The molecule has 6 heteroatoms. The van der Waals surface area contributed by atoms with Gasteiger partial charge in [-0.05, 0) is 30.3 Å². The molecule has 3 aromatic rings. The van der Waals surface area contributed by atoms with Gasteiger partial charge in [-0.15, -0.1) is 0 Å². The van der Waals surface area contributed by atoms with Crippen LogP contribution < -0.4 is 9.47 Å². The third-order valence-electron chi connectivity index (χ3n) is 2.97. The van der Waals surface area contributed by atoms with Crippen molar-refractivity contribution in [3.63, 3.8) is 0 Å². The Morgan fingerprint density at radius 1 is 1.29 bits per heavy atom. The fourth-order valence-corrected chi connectivity index (χ4v) is 1.95. The SMILES string of the molecule is COc1ccc(Oc2nccc3occc23)c(C(=O)O)c1. The summed E-state index contributed by atoms with van der Waals surface area (Å²) in [4.78, 5) is 15.4. The molecule has 0 saturated carbocycles. The Balaban J connectivity index is 2.05. The Kier molecular flexibility index (Phi) is 3.19. The Hall–Kier alpha value is -3.02. The van der Waals surface area contributed by atoms with E-state index < -0.39 is 5.97 Å². The molecule has 2 aromatic heterocycles. The van der Waals surface area contributed by atoms with Gasteiger partial charge >= 0.3 is 5.97 Å². The first kappa shape index (κ1) is 13.0. The number of furan rings is 1. The average molecular weight is 285 g/mol. The molecule has 2 heterocycles. The summed E-state index contributed by atoms with van der Waals surface area (Å²) in [5, 5.41) is 9.93. The van der Waals surface area contributed by atoms with Gasteiger partial charge in [0, 0.05) is 6.20 Å². The number of carboxylic acid groups (broad SMARTS) is 1. The van der Waals surface area contributed by atoms with Crippen LogP contribution in [0.15, 0.2) is 47.2 Å². The van der Waals surface area contributed by atoms with Crippen molar-refractivity contribution in [3.05, 3.63) is 48.4 Å². The minimum Gasteiger partial charge on any atom is -0.497 e. The van der Waals surface area contributed by atoms with E-state index in [-0.39, 0.29) is 17.2 Å². The molecule has 6 nitrogen and oxygen atoms in total. The number of aromatic nitrogens is 1. The maximum atomic E-state index is 11.3. The number of benzene rings is 1. The molecule has 0 amide bonds. The quantitative estimate of drug-likeness (QED) is 0.791. The molecule has 0 bridgehead atoms. The van der Waals surface area contributed by atoms with Crippen LogP contribution in [0.5, 0.6) is 17.4 Å². The fraction of sp³-hybridized carbons (Fsp3) is 0.0667. The molecular weight excluding hydrogens is 274 g/mol. The number of fused-ring (bicyclic) bond motifs is 1. The monoisotopic (exact) mass is 285 g/mol. The number of ether oxygens (including phenoxy) is 2. The van der Waals surface area contributed by atoms with E-state index in [1.54, 1.807) is 18.2 Å². The van der Waals surface area contributed by atoms with Gasteiger partial charge in [0.2, 0.25) is 5.88 Å². The minimum absolute atomic E-state index is 0.00310. The molecule has 106 valence electrons. The summed E-state index contributed by atoms with van der Waals surface area (Å²) in [7, 11) is 1.47. The smallest absolute Gasteiger partial charge is 0.339 e. The zero-order valence-electron chi connectivity index (χ0n) is 11.1. The van der Waals surface area contributed by atoms with Gasteiger partial charge in [-0.1, -0.05) is 0 Å². The van der Waals surface area contributed by atoms with Gasteiger partial charge in [-0.25, -0.2) is 9.78 Å². The maximum Gasteiger partial charge on any atom is 0.339 e. The second-order valence-corrected chi connectivity index (χ2v) is 4.22. The first-order valence-corrected chi connectivity index (χ1v) is 6.10. The van der Waals surface area contributed by atoms with Gasteiger partial charge in [-0.3, -0.25) is 0 Å². The van der Waals surface area contributed by atoms with Crippen molar-refractivity contribution in [2.24, 2.45) is 0 Å². The number of carboxylic acids is 1. The summed E-state index contributed by atoms with van der Waals surface area (Å²) < 4.78 is 15.9. The van der Waals surface area contributed by atoms with Gasteiger partial charge < -0.3 is 19.0 Å². The van der Waals surface area contributed by atoms with E-state index in [2.05, 4.69) is 4.98 Å². The second kappa shape index (κ2) is 5.16. The lowest BCUT2D eigenvalue weighted by atomic mass is 10.2. The van der Waals surface area contributed by atoms with E-state index in [4.69, 9.17) is 13.9 Å². The highest BCUT2D eigenvalue weighted by molar-refractivity contribution is 5.92. The fourth-order valence-electron chi connectivity index (χ4n) is 1.95. The van der Waals surface area contributed by atoms with Crippen molar-refractivity contribution < 1.29 is 23.8 Å². The normalized spacial score (nSPS) is 10.5. The third kappa shape index (κ3) is 2.38. The van der Waals surface area contributed by atoms with Crippen LogP contribution in [0.25, 0.3) is 11.0 Å². The molecule has 0 aliphatic rings. The first-order chi connectivity index (χ1) is 10.2. The van der Waals surface area contributed by atoms with Crippen LogP contribution in [0, 0.1) is 0 Å². The van der Waals surface area contributed by atoms with Crippen molar-refractivity contribution in [1.82, 2.24) is 4.98 Å². The molecule has 21 heavy (non-hydrogen) atoms. The molecule has 0 aliphatic carbocycles. The lowest BCUT2D eigenvalue weighted by Gasteiger charge is -2.09. The Morgan fingerprint density at radius 3 is 2.90 bits per heavy atom. The maximum absolute atomic E-state index is 11.3. The number of rotatable bonds is 4. The molecule has 0 unspecified atom stereocenters. The second-order valence-electron chi connectivity index (χ2n) is 4.22. The summed E-state index contributed by atoms with van der Waals surface area (Å²) >= 11 is 0. The van der Waals surface area contributed by atoms with Crippen LogP contribution in [-0.2, 0) is 0 Å². The summed E-state index contributed by atoms with van der Waals surface area (Å²) in [6, 6.07) is 7.96. The van der Waals surface area contributed by atoms with Gasteiger partial charge in [0.1, 0.15) is 22.6 Å². The van der Waals surface area contributed by atoms with Crippen LogP contribution in [0.3, 0.4) is 0 Å². The number of aromatic carboxylic acids is 1. The summed E-state index contributed by atoms with van der Waals surface area (Å²) in [5.41, 5.74) is 0.613. The Morgan fingerprint density at radius 2 is 2.14 bits per heavy atom. The van der Waals surface area contributed by atoms with Gasteiger partial charge in [0.15, 0.2) is 0 Å². The lowest BCUT2D eigenvalue weighted by Crippen LogP contribution is -2.01. The Labute approximate surface area is 119 Å². The lowest BCUT2D eigenvalue weighted by molar-refractivity contribution is 0.0693. The van der Waals surface area contributed by atoms with Crippen molar-refractivity contribution in [2.45, 2.75) is 0 Å². The number of nitrogens with zero attached hydrogens (tertiary/aromatic N) is 1. The third-order valence-corrected chi connectivity index (χ3v) is 2.97. The van der Waals surface area contributed by atoms with E-state index in [1.165, 1.54) is 31.7 Å². The standard InChI is InChI=1S/C15H11NO5/c1-19-9-2-3-13(11(8-9)15(17)18)21-14-10-5-7-20-12(10)4-6-16-14/h2-8H,1H3,(H,17,18). The number of methoxy groups -OCH3 is 1. The van der Waals surface area contributed by atoms with Crippen molar-refractivity contribution in [3.8, 4) is 17.4 Å². The van der Waals surface area contributed by atoms with Crippen LogP contribution in [0.4, 0.5) is 0 Å². The van der Waals surface area contributed by atoms with Crippen LogP contribution in [0.2, 0.25) is 0 Å². The Bertz CT molecular complexity index is 809. The molecule has 0 aliphatic heterocycles. The zero-order valence-corrected chi connectivity index (χ0v) is 11.1. The average Bonchev–Trinajstić information content (AvgIpc) is 2.97. The van der Waals surface area contributed by atoms with E-state index in [0.717, 1.165) is 0 Å². The largest absolute Gasteiger partial charge is 0.497 e. The van der Waals surface area contributed by atoms with Crippen molar-refractivity contribution >= 4 is 16.9 Å². The first-order valence-electron chi connectivity index (χ1n) is 6.10.